The molecular weight excluding hydrogens is 228 g/mol. The van der Waals surface area contributed by atoms with Crippen molar-refractivity contribution in [1.82, 2.24) is 0 Å². The lowest BCUT2D eigenvalue weighted by atomic mass is 9.88. The second-order valence-corrected chi connectivity index (χ2v) is 5.93. The van der Waals surface area contributed by atoms with E-state index in [-0.39, 0.29) is 0 Å². The molecule has 2 aromatic rings. The van der Waals surface area contributed by atoms with Crippen LogP contribution < -0.4 is 10.4 Å². The third-order valence-electron chi connectivity index (χ3n) is 4.76. The highest BCUT2D eigenvalue weighted by Gasteiger charge is 2.33. The zero-order valence-electron chi connectivity index (χ0n) is 10.9. The van der Waals surface area contributed by atoms with E-state index in [1.807, 2.05) is 0 Å². The summed E-state index contributed by atoms with van der Waals surface area (Å²) in [5, 5.41) is 5.69. The number of hydrogen-bond acceptors (Lipinski definition) is 0. The molecule has 90 valence electrons. The molecule has 0 heterocycles. The van der Waals surface area contributed by atoms with E-state index in [0.717, 1.165) is 0 Å². The fourth-order valence-electron chi connectivity index (χ4n) is 4.03. The molecule has 0 aromatic heterocycles. The van der Waals surface area contributed by atoms with Crippen molar-refractivity contribution >= 4 is 22.9 Å². The molecule has 0 fully saturated rings. The van der Waals surface area contributed by atoms with Gasteiger partial charge in [0.2, 0.25) is 0 Å². The summed E-state index contributed by atoms with van der Waals surface area (Å²) in [4.78, 5) is 0. The lowest BCUT2D eigenvalue weighted by Crippen LogP contribution is -2.13. The van der Waals surface area contributed by atoms with Gasteiger partial charge in [0.05, 0.1) is 0 Å². The van der Waals surface area contributed by atoms with Gasteiger partial charge in [-0.3, -0.25) is 0 Å². The quantitative estimate of drug-likeness (QED) is 0.666. The van der Waals surface area contributed by atoms with Crippen LogP contribution in [0.3, 0.4) is 0 Å². The Bertz CT molecular complexity index is 923. The van der Waals surface area contributed by atoms with E-state index in [9.17, 15) is 0 Å². The Morgan fingerprint density at radius 3 is 2.89 bits per heavy atom. The number of rotatable bonds is 0. The standard InChI is InChI=1S/C19H14/c1-11-8-13-4-2-12-3-5-15-10-16-7-6-14(9-11)18(13)19(16)17(12)15/h2-10,15,17H,1H3. The summed E-state index contributed by atoms with van der Waals surface area (Å²) < 4.78 is 0. The third-order valence-corrected chi connectivity index (χ3v) is 4.76. The van der Waals surface area contributed by atoms with Gasteiger partial charge in [-0.25, -0.2) is 0 Å². The van der Waals surface area contributed by atoms with Crippen molar-refractivity contribution in [2.45, 2.75) is 12.8 Å². The molecule has 0 nitrogen and oxygen atoms in total. The summed E-state index contributed by atoms with van der Waals surface area (Å²) in [5.41, 5.74) is 4.38. The molecule has 0 heteroatoms. The second-order valence-electron chi connectivity index (χ2n) is 5.93. The molecule has 0 N–H and O–H groups in total. The Balaban J connectivity index is 2.10. The Morgan fingerprint density at radius 1 is 1.00 bits per heavy atom. The van der Waals surface area contributed by atoms with Crippen molar-refractivity contribution in [3.05, 3.63) is 69.6 Å². The van der Waals surface area contributed by atoms with E-state index >= 15 is 0 Å². The third kappa shape index (κ3) is 1.10. The second kappa shape index (κ2) is 3.08. The number of allylic oxidation sites excluding steroid dienone is 4. The maximum absolute atomic E-state index is 2.44. The highest BCUT2D eigenvalue weighted by Crippen LogP contribution is 2.44. The average Bonchev–Trinajstić information content (AvgIpc) is 2.89. The summed E-state index contributed by atoms with van der Waals surface area (Å²) in [6.45, 7) is 2.19. The van der Waals surface area contributed by atoms with Gasteiger partial charge in [-0.1, -0.05) is 54.6 Å². The van der Waals surface area contributed by atoms with Crippen LogP contribution in [0.4, 0.5) is 0 Å². The van der Waals surface area contributed by atoms with Crippen LogP contribution in [0.1, 0.15) is 17.0 Å². The first kappa shape index (κ1) is 9.80. The predicted octanol–water partition coefficient (Wildman–Crippen LogP) is 2.93. The zero-order chi connectivity index (χ0) is 12.6. The molecule has 3 aliphatic rings. The molecule has 0 saturated carbocycles. The minimum Gasteiger partial charge on any atom is -0.0763 e. The van der Waals surface area contributed by atoms with Crippen LogP contribution in [0.5, 0.6) is 0 Å². The summed E-state index contributed by atoms with van der Waals surface area (Å²) in [6, 6.07) is 9.21. The SMILES string of the molecule is Cc1cc2c3c4c(ccc3c1)=CC1C=CC(=CC=2)C41. The van der Waals surface area contributed by atoms with Gasteiger partial charge >= 0.3 is 0 Å². The van der Waals surface area contributed by atoms with Crippen LogP contribution in [0.15, 0.2) is 48.1 Å². The molecule has 2 aromatic carbocycles. The summed E-state index contributed by atoms with van der Waals surface area (Å²) in [5.74, 6) is 1.14. The Labute approximate surface area is 112 Å². The Hall–Kier alpha value is -2.08. The van der Waals surface area contributed by atoms with Gasteiger partial charge in [0.1, 0.15) is 0 Å². The van der Waals surface area contributed by atoms with E-state index in [0.29, 0.717) is 11.8 Å². The van der Waals surface area contributed by atoms with Crippen molar-refractivity contribution in [3.8, 4) is 0 Å². The maximum Gasteiger partial charge on any atom is 0.0199 e. The Morgan fingerprint density at radius 2 is 1.95 bits per heavy atom. The first-order chi connectivity index (χ1) is 9.31. The van der Waals surface area contributed by atoms with Crippen LogP contribution >= 0.6 is 0 Å². The number of benzene rings is 2. The van der Waals surface area contributed by atoms with Gasteiger partial charge in [-0.15, -0.1) is 0 Å². The molecule has 0 radical (unpaired) electrons. The van der Waals surface area contributed by atoms with Crippen LogP contribution in [0.25, 0.3) is 22.9 Å². The van der Waals surface area contributed by atoms with Gasteiger partial charge in [-0.05, 0) is 44.8 Å². The van der Waals surface area contributed by atoms with Crippen molar-refractivity contribution in [2.24, 2.45) is 5.92 Å². The van der Waals surface area contributed by atoms with Gasteiger partial charge < -0.3 is 0 Å². The monoisotopic (exact) mass is 242 g/mol. The maximum atomic E-state index is 2.44. The Kier molecular flexibility index (Phi) is 1.59. The van der Waals surface area contributed by atoms with Gasteiger partial charge in [-0.2, -0.15) is 0 Å². The summed E-state index contributed by atoms with van der Waals surface area (Å²) >= 11 is 0. The van der Waals surface area contributed by atoms with E-state index in [4.69, 9.17) is 0 Å². The molecular formula is C19H14. The predicted molar refractivity (Wildman–Crippen MR) is 80.3 cm³/mol. The smallest absolute Gasteiger partial charge is 0.0199 e. The fraction of sp³-hybridized carbons (Fsp3) is 0.158. The fourth-order valence-corrected chi connectivity index (χ4v) is 4.03. The molecule has 0 aliphatic heterocycles. The topological polar surface area (TPSA) is 0 Å². The molecule has 0 amide bonds. The van der Waals surface area contributed by atoms with E-state index in [2.05, 4.69) is 61.6 Å². The van der Waals surface area contributed by atoms with Crippen LogP contribution in [-0.4, -0.2) is 0 Å². The number of aryl methyl sites for hydroxylation is 1. The minimum absolute atomic E-state index is 0.568. The number of hydrogen-bond donors (Lipinski definition) is 0. The first-order valence-electron chi connectivity index (χ1n) is 6.96. The highest BCUT2D eigenvalue weighted by atomic mass is 14.4. The largest absolute Gasteiger partial charge is 0.0763 e. The van der Waals surface area contributed by atoms with E-state index in [1.165, 1.54) is 32.3 Å². The molecule has 0 bridgehead atoms. The van der Waals surface area contributed by atoms with Crippen LogP contribution in [-0.2, 0) is 0 Å². The molecule has 19 heavy (non-hydrogen) atoms. The van der Waals surface area contributed by atoms with Crippen molar-refractivity contribution in [2.75, 3.05) is 0 Å². The lowest BCUT2D eigenvalue weighted by molar-refractivity contribution is 0.778. The molecule has 0 saturated heterocycles. The van der Waals surface area contributed by atoms with Crippen LogP contribution in [0, 0.1) is 12.8 Å². The van der Waals surface area contributed by atoms with Gasteiger partial charge in [0.15, 0.2) is 0 Å². The summed E-state index contributed by atoms with van der Waals surface area (Å²) in [6.07, 6.45) is 11.7. The van der Waals surface area contributed by atoms with Crippen molar-refractivity contribution < 1.29 is 0 Å². The first-order valence-corrected chi connectivity index (χ1v) is 6.96. The van der Waals surface area contributed by atoms with Gasteiger partial charge in [0.25, 0.3) is 0 Å². The lowest BCUT2D eigenvalue weighted by Gasteiger charge is -2.15. The summed E-state index contributed by atoms with van der Waals surface area (Å²) in [7, 11) is 0. The normalized spacial score (nSPS) is 25.0. The molecule has 3 aliphatic carbocycles. The van der Waals surface area contributed by atoms with Crippen LogP contribution in [0.2, 0.25) is 0 Å². The zero-order valence-corrected chi connectivity index (χ0v) is 10.9. The molecule has 0 spiro atoms. The molecule has 5 rings (SSSR count). The molecule has 2 unspecified atom stereocenters. The molecule has 2 atom stereocenters. The minimum atomic E-state index is 0.568. The highest BCUT2D eigenvalue weighted by molar-refractivity contribution is 5.91. The van der Waals surface area contributed by atoms with Crippen molar-refractivity contribution in [3.63, 3.8) is 0 Å². The average molecular weight is 242 g/mol. The van der Waals surface area contributed by atoms with E-state index < -0.39 is 0 Å². The van der Waals surface area contributed by atoms with Crippen molar-refractivity contribution in [1.29, 1.82) is 0 Å². The van der Waals surface area contributed by atoms with Gasteiger partial charge in [0, 0.05) is 11.8 Å². The van der Waals surface area contributed by atoms with E-state index in [1.54, 1.807) is 5.56 Å².